The molecule has 2 N–H and O–H groups in total. The highest BCUT2D eigenvalue weighted by Gasteiger charge is 2.36. The number of hydrogen-bond donors (Lipinski definition) is 3. The number of rotatable bonds is 15. The highest BCUT2D eigenvalue weighted by atomic mass is 32.1. The summed E-state index contributed by atoms with van der Waals surface area (Å²) < 4.78 is 10.0. The second-order valence-electron chi connectivity index (χ2n) is 10.2. The molecular formula is C28H45N3O6S. The van der Waals surface area contributed by atoms with Crippen LogP contribution in [0.2, 0.25) is 0 Å². The van der Waals surface area contributed by atoms with E-state index in [0.717, 1.165) is 37.7 Å². The summed E-state index contributed by atoms with van der Waals surface area (Å²) in [4.78, 5) is 53.1. The van der Waals surface area contributed by atoms with Gasteiger partial charge in [-0.1, -0.05) is 63.3 Å². The maximum atomic E-state index is 13.9. The molecule has 0 aliphatic rings. The van der Waals surface area contributed by atoms with E-state index < -0.39 is 41.6 Å². The lowest BCUT2D eigenvalue weighted by Crippen LogP contribution is -2.54. The summed E-state index contributed by atoms with van der Waals surface area (Å²) in [6, 6.07) is 5.25. The van der Waals surface area contributed by atoms with E-state index in [0.29, 0.717) is 12.0 Å². The average molecular weight is 552 g/mol. The van der Waals surface area contributed by atoms with E-state index in [4.69, 9.17) is 4.74 Å². The molecule has 38 heavy (non-hydrogen) atoms. The fourth-order valence-corrected chi connectivity index (χ4v) is 4.18. The molecule has 0 saturated heterocycles. The first-order chi connectivity index (χ1) is 17.9. The van der Waals surface area contributed by atoms with Crippen LogP contribution >= 0.6 is 12.6 Å². The maximum absolute atomic E-state index is 13.9. The van der Waals surface area contributed by atoms with Gasteiger partial charge in [-0.25, -0.2) is 4.79 Å². The Labute approximate surface area is 232 Å². The van der Waals surface area contributed by atoms with Gasteiger partial charge < -0.3 is 25.0 Å². The zero-order chi connectivity index (χ0) is 28.7. The van der Waals surface area contributed by atoms with Crippen molar-refractivity contribution in [3.8, 4) is 0 Å². The molecule has 214 valence electrons. The number of nitrogens with zero attached hydrogens (tertiary/aromatic N) is 1. The Kier molecular flexibility index (Phi) is 14.9. The summed E-state index contributed by atoms with van der Waals surface area (Å²) in [6.45, 7) is 9.16. The minimum atomic E-state index is -1.02. The lowest BCUT2D eigenvalue weighted by Gasteiger charge is -2.35. The monoisotopic (exact) mass is 551 g/mol. The first-order valence-electron chi connectivity index (χ1n) is 13.3. The molecule has 3 amide bonds. The molecule has 0 aliphatic heterocycles. The van der Waals surface area contributed by atoms with Gasteiger partial charge in [-0.2, -0.15) is 12.6 Å². The van der Waals surface area contributed by atoms with E-state index in [9.17, 15) is 19.2 Å². The minimum absolute atomic E-state index is 0.00927. The van der Waals surface area contributed by atoms with Crippen molar-refractivity contribution in [1.29, 1.82) is 0 Å². The third kappa shape index (κ3) is 11.8. The molecule has 0 heterocycles. The quantitative estimate of drug-likeness (QED) is 0.170. The topological polar surface area (TPSA) is 114 Å². The van der Waals surface area contributed by atoms with Gasteiger partial charge in [0.1, 0.15) is 24.2 Å². The van der Waals surface area contributed by atoms with Gasteiger partial charge in [0.25, 0.3) is 0 Å². The standard InChI is InChI=1S/C28H45N3O6S/c1-7-8-9-10-11-14-17-31(26(34)22(19-38)30-27(35)37-28(3,4)5)24(21-16-13-12-15-20(21)2)25(33)29-18-23(32)36-6/h12-13,15-16,22,24,38H,7-11,14,17-19H2,1-6H3,(H,29,33)(H,30,35). The Balaban J connectivity index is 3.35. The molecule has 2 atom stereocenters. The predicted octanol–water partition coefficient (Wildman–Crippen LogP) is 4.34. The summed E-state index contributed by atoms with van der Waals surface area (Å²) in [5, 5.41) is 5.21. The summed E-state index contributed by atoms with van der Waals surface area (Å²) in [5.41, 5.74) is 0.697. The molecule has 0 aliphatic carbocycles. The number of unbranched alkanes of at least 4 members (excludes halogenated alkanes) is 5. The number of thiol groups is 1. The third-order valence-corrected chi connectivity index (χ3v) is 6.25. The van der Waals surface area contributed by atoms with Crippen LogP contribution in [0.25, 0.3) is 0 Å². The van der Waals surface area contributed by atoms with Crippen LogP contribution < -0.4 is 10.6 Å². The Morgan fingerprint density at radius 1 is 1.03 bits per heavy atom. The Bertz CT molecular complexity index is 918. The molecule has 2 unspecified atom stereocenters. The summed E-state index contributed by atoms with van der Waals surface area (Å²) in [5.74, 6) is -1.56. The number of carbonyl (C=O) groups is 4. The van der Waals surface area contributed by atoms with Crippen LogP contribution in [0, 0.1) is 6.92 Å². The minimum Gasteiger partial charge on any atom is -0.468 e. The van der Waals surface area contributed by atoms with Gasteiger partial charge in [0.15, 0.2) is 0 Å². The number of benzene rings is 1. The highest BCUT2D eigenvalue weighted by Crippen LogP contribution is 2.26. The zero-order valence-electron chi connectivity index (χ0n) is 23.7. The second kappa shape index (κ2) is 17.0. The highest BCUT2D eigenvalue weighted by molar-refractivity contribution is 7.80. The Morgan fingerprint density at radius 3 is 2.24 bits per heavy atom. The van der Waals surface area contributed by atoms with Gasteiger partial charge in [0, 0.05) is 12.3 Å². The molecule has 9 nitrogen and oxygen atoms in total. The van der Waals surface area contributed by atoms with E-state index in [1.165, 1.54) is 12.0 Å². The van der Waals surface area contributed by atoms with Crippen LogP contribution in [0.1, 0.15) is 83.4 Å². The van der Waals surface area contributed by atoms with Gasteiger partial charge in [0.05, 0.1) is 7.11 Å². The fourth-order valence-electron chi connectivity index (χ4n) is 3.94. The van der Waals surface area contributed by atoms with E-state index >= 15 is 0 Å². The molecule has 0 bridgehead atoms. The molecule has 0 aromatic heterocycles. The second-order valence-corrected chi connectivity index (χ2v) is 10.6. The van der Waals surface area contributed by atoms with Crippen LogP contribution in [0.4, 0.5) is 4.79 Å². The van der Waals surface area contributed by atoms with Gasteiger partial charge in [-0.05, 0) is 45.2 Å². The Hall–Kier alpha value is -2.75. The molecule has 1 rings (SSSR count). The summed E-state index contributed by atoms with van der Waals surface area (Å²) in [6.07, 6.45) is 5.21. The number of aryl methyl sites for hydroxylation is 1. The van der Waals surface area contributed by atoms with Crippen LogP contribution in [-0.2, 0) is 23.9 Å². The number of nitrogens with one attached hydrogen (secondary N) is 2. The summed E-state index contributed by atoms with van der Waals surface area (Å²) in [7, 11) is 1.24. The van der Waals surface area contributed by atoms with Crippen molar-refractivity contribution < 1.29 is 28.7 Å². The zero-order valence-corrected chi connectivity index (χ0v) is 24.6. The first-order valence-corrected chi connectivity index (χ1v) is 13.9. The molecule has 1 aromatic rings. The fraction of sp³-hybridized carbons (Fsp3) is 0.643. The van der Waals surface area contributed by atoms with Crippen molar-refractivity contribution in [2.24, 2.45) is 0 Å². The predicted molar refractivity (Wildman–Crippen MR) is 151 cm³/mol. The van der Waals surface area contributed by atoms with E-state index in [1.54, 1.807) is 32.9 Å². The maximum Gasteiger partial charge on any atom is 0.408 e. The van der Waals surface area contributed by atoms with Crippen molar-refractivity contribution in [1.82, 2.24) is 15.5 Å². The van der Waals surface area contributed by atoms with E-state index in [2.05, 4.69) is 34.9 Å². The van der Waals surface area contributed by atoms with E-state index in [-0.39, 0.29) is 18.8 Å². The van der Waals surface area contributed by atoms with E-state index in [1.807, 2.05) is 19.1 Å². The van der Waals surface area contributed by atoms with Crippen LogP contribution in [0.3, 0.4) is 0 Å². The van der Waals surface area contributed by atoms with Crippen molar-refractivity contribution in [3.63, 3.8) is 0 Å². The molecule has 0 radical (unpaired) electrons. The molecule has 0 fully saturated rings. The number of methoxy groups -OCH3 is 1. The van der Waals surface area contributed by atoms with Crippen molar-refractivity contribution in [3.05, 3.63) is 35.4 Å². The number of esters is 1. The number of hydrogen-bond acceptors (Lipinski definition) is 7. The average Bonchev–Trinajstić information content (AvgIpc) is 2.86. The van der Waals surface area contributed by atoms with Crippen LogP contribution in [-0.4, -0.2) is 66.4 Å². The van der Waals surface area contributed by atoms with Crippen LogP contribution in [0.5, 0.6) is 0 Å². The first kappa shape index (κ1) is 33.3. The van der Waals surface area contributed by atoms with Crippen molar-refractivity contribution in [2.45, 2.75) is 90.8 Å². The number of ether oxygens (including phenoxy) is 2. The van der Waals surface area contributed by atoms with Gasteiger partial charge in [-0.15, -0.1) is 0 Å². The molecule has 0 spiro atoms. The normalized spacial score (nSPS) is 12.7. The molecule has 10 heteroatoms. The molecule has 0 saturated carbocycles. The smallest absolute Gasteiger partial charge is 0.408 e. The van der Waals surface area contributed by atoms with Gasteiger partial charge in [0.2, 0.25) is 11.8 Å². The number of amides is 3. The Morgan fingerprint density at radius 2 is 1.66 bits per heavy atom. The molecule has 1 aromatic carbocycles. The van der Waals surface area contributed by atoms with Crippen molar-refractivity contribution in [2.75, 3.05) is 26.0 Å². The largest absolute Gasteiger partial charge is 0.468 e. The molecular weight excluding hydrogens is 506 g/mol. The van der Waals surface area contributed by atoms with Crippen molar-refractivity contribution >= 4 is 36.5 Å². The lowest BCUT2D eigenvalue weighted by molar-refractivity contribution is -0.144. The van der Waals surface area contributed by atoms with Gasteiger partial charge >= 0.3 is 12.1 Å². The van der Waals surface area contributed by atoms with Crippen LogP contribution in [0.15, 0.2) is 24.3 Å². The van der Waals surface area contributed by atoms with Gasteiger partial charge in [-0.3, -0.25) is 14.4 Å². The third-order valence-electron chi connectivity index (χ3n) is 5.88. The number of carbonyl (C=O) groups excluding carboxylic acids is 4. The summed E-state index contributed by atoms with van der Waals surface area (Å²) >= 11 is 4.31. The lowest BCUT2D eigenvalue weighted by atomic mass is 9.97. The SMILES string of the molecule is CCCCCCCCN(C(=O)C(CS)NC(=O)OC(C)(C)C)C(C(=O)NCC(=O)OC)c1ccccc1C. The number of alkyl carbamates (subject to hydrolysis) is 1.